The van der Waals surface area contributed by atoms with Crippen LogP contribution in [0.3, 0.4) is 0 Å². The van der Waals surface area contributed by atoms with E-state index in [-0.39, 0.29) is 0 Å². The Balaban J connectivity index is 2.09. The Hall–Kier alpha value is -0.310. The molecule has 3 heteroatoms. The fraction of sp³-hybridized carbons (Fsp3) is 0.917. The molecule has 0 atom stereocenters. The monoisotopic (exact) mass is 228 g/mol. The Morgan fingerprint density at radius 1 is 1.27 bits per heavy atom. The van der Waals surface area contributed by atoms with E-state index in [2.05, 4.69) is 24.5 Å². The molecule has 88 valence electrons. The topological polar surface area (TPSA) is 24.1 Å². The third-order valence-corrected chi connectivity index (χ3v) is 3.43. The minimum absolute atomic E-state index is 0.614. The summed E-state index contributed by atoms with van der Waals surface area (Å²) in [6, 6.07) is 0.614. The molecule has 1 rings (SSSR count). The number of rotatable bonds is 4. The quantitative estimate of drug-likeness (QED) is 0.571. The molecule has 1 saturated carbocycles. The van der Waals surface area contributed by atoms with Crippen LogP contribution in [-0.2, 0) is 0 Å². The van der Waals surface area contributed by atoms with Crippen molar-refractivity contribution >= 4 is 17.3 Å². The lowest BCUT2D eigenvalue weighted by molar-refractivity contribution is 0.330. The first-order valence-corrected chi connectivity index (χ1v) is 6.67. The van der Waals surface area contributed by atoms with Crippen molar-refractivity contribution in [1.82, 2.24) is 10.6 Å². The van der Waals surface area contributed by atoms with E-state index in [1.165, 1.54) is 38.5 Å². The molecule has 0 aliphatic heterocycles. The molecule has 0 bridgehead atoms. The lowest BCUT2D eigenvalue weighted by Gasteiger charge is -2.28. The summed E-state index contributed by atoms with van der Waals surface area (Å²) in [6.45, 7) is 5.54. The van der Waals surface area contributed by atoms with Crippen molar-refractivity contribution < 1.29 is 0 Å². The third kappa shape index (κ3) is 5.36. The molecule has 1 fully saturated rings. The molecule has 0 radical (unpaired) electrons. The van der Waals surface area contributed by atoms with Gasteiger partial charge in [0, 0.05) is 12.6 Å². The number of nitrogens with one attached hydrogen (secondary N) is 2. The van der Waals surface area contributed by atoms with Gasteiger partial charge in [-0.05, 0) is 50.2 Å². The summed E-state index contributed by atoms with van der Waals surface area (Å²) in [5.74, 6) is 0.907. The molecule has 0 spiro atoms. The van der Waals surface area contributed by atoms with Crippen molar-refractivity contribution in [2.75, 3.05) is 6.54 Å². The number of unbranched alkanes of at least 4 members (excludes halogenated alkanes) is 1. The average Bonchev–Trinajstić information content (AvgIpc) is 2.22. The van der Waals surface area contributed by atoms with Crippen LogP contribution in [0.1, 0.15) is 52.4 Å². The van der Waals surface area contributed by atoms with Crippen LogP contribution in [0.4, 0.5) is 0 Å². The standard InChI is InChI=1S/C12H24N2S/c1-3-4-9-13-12(15)14-11-7-5-10(2)6-8-11/h10-11H,3-9H2,1-2H3,(H2,13,14,15). The normalized spacial score (nSPS) is 26.0. The first-order chi connectivity index (χ1) is 7.22. The summed E-state index contributed by atoms with van der Waals surface area (Å²) >= 11 is 5.26. The summed E-state index contributed by atoms with van der Waals surface area (Å²) in [4.78, 5) is 0. The molecule has 15 heavy (non-hydrogen) atoms. The fourth-order valence-electron chi connectivity index (χ4n) is 2.02. The smallest absolute Gasteiger partial charge is 0.166 e. The highest BCUT2D eigenvalue weighted by molar-refractivity contribution is 7.80. The van der Waals surface area contributed by atoms with Gasteiger partial charge < -0.3 is 10.6 Å². The molecule has 2 N–H and O–H groups in total. The zero-order chi connectivity index (χ0) is 11.1. The Bertz CT molecular complexity index is 186. The van der Waals surface area contributed by atoms with Crippen LogP contribution in [0.2, 0.25) is 0 Å². The first-order valence-electron chi connectivity index (χ1n) is 6.26. The molecule has 0 aromatic rings. The predicted molar refractivity (Wildman–Crippen MR) is 70.1 cm³/mol. The molecule has 0 heterocycles. The molecular weight excluding hydrogens is 204 g/mol. The lowest BCUT2D eigenvalue weighted by atomic mass is 9.87. The average molecular weight is 228 g/mol. The highest BCUT2D eigenvalue weighted by Gasteiger charge is 2.18. The predicted octanol–water partition coefficient (Wildman–Crippen LogP) is 2.83. The van der Waals surface area contributed by atoms with Gasteiger partial charge in [0.15, 0.2) is 5.11 Å². The second kappa shape index (κ2) is 7.04. The third-order valence-electron chi connectivity index (χ3n) is 3.17. The van der Waals surface area contributed by atoms with Crippen LogP contribution >= 0.6 is 12.2 Å². The van der Waals surface area contributed by atoms with Gasteiger partial charge in [-0.1, -0.05) is 20.3 Å². The molecule has 1 aliphatic carbocycles. The van der Waals surface area contributed by atoms with Crippen molar-refractivity contribution in [2.45, 2.75) is 58.4 Å². The van der Waals surface area contributed by atoms with E-state index in [1.54, 1.807) is 0 Å². The van der Waals surface area contributed by atoms with Gasteiger partial charge >= 0.3 is 0 Å². The van der Waals surface area contributed by atoms with E-state index in [9.17, 15) is 0 Å². The Labute approximate surface area is 99.2 Å². The first kappa shape index (κ1) is 12.8. The zero-order valence-electron chi connectivity index (χ0n) is 10.0. The molecule has 0 saturated heterocycles. The molecular formula is C12H24N2S. The van der Waals surface area contributed by atoms with Crippen molar-refractivity contribution in [3.05, 3.63) is 0 Å². The zero-order valence-corrected chi connectivity index (χ0v) is 10.8. The highest BCUT2D eigenvalue weighted by Crippen LogP contribution is 2.23. The van der Waals surface area contributed by atoms with Crippen LogP contribution in [0.25, 0.3) is 0 Å². The van der Waals surface area contributed by atoms with E-state index in [0.29, 0.717) is 6.04 Å². The summed E-state index contributed by atoms with van der Waals surface area (Å²) < 4.78 is 0. The minimum atomic E-state index is 0.614. The fourth-order valence-corrected chi connectivity index (χ4v) is 2.29. The van der Waals surface area contributed by atoms with Crippen LogP contribution in [0, 0.1) is 5.92 Å². The summed E-state index contributed by atoms with van der Waals surface area (Å²) in [5, 5.41) is 7.53. The van der Waals surface area contributed by atoms with Gasteiger partial charge in [-0.2, -0.15) is 0 Å². The molecule has 0 aromatic heterocycles. The molecule has 0 amide bonds. The van der Waals surface area contributed by atoms with Crippen molar-refractivity contribution in [1.29, 1.82) is 0 Å². The second-order valence-corrected chi connectivity index (χ2v) is 5.12. The van der Waals surface area contributed by atoms with Gasteiger partial charge in [-0.3, -0.25) is 0 Å². The van der Waals surface area contributed by atoms with Crippen molar-refractivity contribution in [3.8, 4) is 0 Å². The maximum atomic E-state index is 5.26. The Kier molecular flexibility index (Phi) is 5.99. The van der Waals surface area contributed by atoms with Crippen LogP contribution in [0.5, 0.6) is 0 Å². The van der Waals surface area contributed by atoms with E-state index in [4.69, 9.17) is 12.2 Å². The van der Waals surface area contributed by atoms with E-state index >= 15 is 0 Å². The van der Waals surface area contributed by atoms with Gasteiger partial charge in [0.1, 0.15) is 0 Å². The summed E-state index contributed by atoms with van der Waals surface area (Å²) in [5.41, 5.74) is 0. The van der Waals surface area contributed by atoms with Gasteiger partial charge in [0.05, 0.1) is 0 Å². The largest absolute Gasteiger partial charge is 0.363 e. The molecule has 0 aromatic carbocycles. The van der Waals surface area contributed by atoms with Crippen molar-refractivity contribution in [3.63, 3.8) is 0 Å². The Morgan fingerprint density at radius 3 is 2.53 bits per heavy atom. The maximum Gasteiger partial charge on any atom is 0.166 e. The lowest BCUT2D eigenvalue weighted by Crippen LogP contribution is -2.43. The molecule has 2 nitrogen and oxygen atoms in total. The number of hydrogen-bond donors (Lipinski definition) is 2. The van der Waals surface area contributed by atoms with Gasteiger partial charge in [0.2, 0.25) is 0 Å². The summed E-state index contributed by atoms with van der Waals surface area (Å²) in [6.07, 6.45) is 7.65. The minimum Gasteiger partial charge on any atom is -0.363 e. The van der Waals surface area contributed by atoms with E-state index < -0.39 is 0 Å². The van der Waals surface area contributed by atoms with E-state index in [0.717, 1.165) is 17.6 Å². The van der Waals surface area contributed by atoms with Crippen LogP contribution < -0.4 is 10.6 Å². The number of hydrogen-bond acceptors (Lipinski definition) is 1. The number of thiocarbonyl (C=S) groups is 1. The van der Waals surface area contributed by atoms with Crippen molar-refractivity contribution in [2.24, 2.45) is 5.92 Å². The van der Waals surface area contributed by atoms with Gasteiger partial charge in [-0.25, -0.2) is 0 Å². The van der Waals surface area contributed by atoms with Gasteiger partial charge in [-0.15, -0.1) is 0 Å². The van der Waals surface area contributed by atoms with Crippen LogP contribution in [-0.4, -0.2) is 17.7 Å². The maximum absolute atomic E-state index is 5.26. The molecule has 0 unspecified atom stereocenters. The van der Waals surface area contributed by atoms with Crippen LogP contribution in [0.15, 0.2) is 0 Å². The summed E-state index contributed by atoms with van der Waals surface area (Å²) in [7, 11) is 0. The van der Waals surface area contributed by atoms with E-state index in [1.807, 2.05) is 0 Å². The SMILES string of the molecule is CCCCNC(=S)NC1CCC(C)CC1. The second-order valence-electron chi connectivity index (χ2n) is 4.71. The highest BCUT2D eigenvalue weighted by atomic mass is 32.1. The Morgan fingerprint density at radius 2 is 1.93 bits per heavy atom. The van der Waals surface area contributed by atoms with Gasteiger partial charge in [0.25, 0.3) is 0 Å². The molecule has 1 aliphatic rings.